The Morgan fingerprint density at radius 1 is 1.35 bits per heavy atom. The first-order valence-corrected chi connectivity index (χ1v) is 8.50. The molecule has 0 bridgehead atoms. The zero-order valence-electron chi connectivity index (χ0n) is 11.0. The van der Waals surface area contributed by atoms with Crippen molar-refractivity contribution < 1.29 is 9.21 Å². The molecule has 0 radical (unpaired) electrons. The molecule has 4 nitrogen and oxygen atoms in total. The molecule has 1 saturated heterocycles. The molecule has 0 aromatic carbocycles. The lowest BCUT2D eigenvalue weighted by atomic mass is 10.2. The zero-order valence-corrected chi connectivity index (χ0v) is 12.6. The molecule has 2 amide bonds. The second-order valence-corrected chi connectivity index (χ2v) is 6.82. The summed E-state index contributed by atoms with van der Waals surface area (Å²) >= 11 is 3.40. The molecule has 1 aliphatic heterocycles. The van der Waals surface area contributed by atoms with Gasteiger partial charge >= 0.3 is 6.03 Å². The molecule has 1 fully saturated rings. The van der Waals surface area contributed by atoms with E-state index in [-0.39, 0.29) is 6.03 Å². The molecule has 3 heterocycles. The summed E-state index contributed by atoms with van der Waals surface area (Å²) in [5.41, 5.74) is 0. The quantitative estimate of drug-likeness (QED) is 0.910. The lowest BCUT2D eigenvalue weighted by Crippen LogP contribution is -2.36. The molecule has 0 aliphatic carbocycles. The van der Waals surface area contributed by atoms with Crippen molar-refractivity contribution in [3.05, 3.63) is 41.7 Å². The van der Waals surface area contributed by atoms with Crippen LogP contribution in [-0.2, 0) is 0 Å². The average Bonchev–Trinajstić information content (AvgIpc) is 3.09. The first-order valence-electron chi connectivity index (χ1n) is 6.57. The third-order valence-electron chi connectivity index (χ3n) is 3.24. The Kier molecular flexibility index (Phi) is 4.32. The van der Waals surface area contributed by atoms with Crippen molar-refractivity contribution in [2.45, 2.75) is 11.7 Å². The van der Waals surface area contributed by atoms with Gasteiger partial charge in [-0.3, -0.25) is 5.32 Å². The maximum atomic E-state index is 12.2. The highest BCUT2D eigenvalue weighted by molar-refractivity contribution is 7.99. The fraction of sp³-hybridized carbons (Fsp3) is 0.357. The minimum Gasteiger partial charge on any atom is -0.468 e. The maximum Gasteiger partial charge on any atom is 0.322 e. The van der Waals surface area contributed by atoms with Gasteiger partial charge in [0.1, 0.15) is 5.76 Å². The zero-order chi connectivity index (χ0) is 13.8. The van der Waals surface area contributed by atoms with E-state index in [0.29, 0.717) is 5.25 Å². The van der Waals surface area contributed by atoms with Crippen molar-refractivity contribution in [1.29, 1.82) is 0 Å². The molecule has 6 heteroatoms. The number of nitrogens with one attached hydrogen (secondary N) is 1. The van der Waals surface area contributed by atoms with Crippen LogP contribution in [0.1, 0.15) is 17.4 Å². The van der Waals surface area contributed by atoms with Gasteiger partial charge in [0.25, 0.3) is 0 Å². The van der Waals surface area contributed by atoms with Crippen LogP contribution in [0.4, 0.5) is 9.80 Å². The maximum absolute atomic E-state index is 12.2. The number of thioether (sulfide) groups is 1. The normalized spacial score (nSPS) is 19.6. The molecule has 1 aliphatic rings. The van der Waals surface area contributed by atoms with Crippen LogP contribution in [0.25, 0.3) is 0 Å². The van der Waals surface area contributed by atoms with Crippen LogP contribution >= 0.6 is 23.1 Å². The van der Waals surface area contributed by atoms with Gasteiger partial charge < -0.3 is 9.32 Å². The van der Waals surface area contributed by atoms with Crippen LogP contribution < -0.4 is 5.32 Å². The molecule has 0 spiro atoms. The van der Waals surface area contributed by atoms with E-state index in [1.54, 1.807) is 17.6 Å². The Bertz CT molecular complexity index is 540. The summed E-state index contributed by atoms with van der Waals surface area (Å²) in [6.45, 7) is 1.54. The van der Waals surface area contributed by atoms with E-state index in [4.69, 9.17) is 4.42 Å². The molecule has 3 rings (SSSR count). The topological polar surface area (TPSA) is 45.5 Å². The minimum atomic E-state index is -0.00635. The summed E-state index contributed by atoms with van der Waals surface area (Å²) in [6.07, 6.45) is 2.64. The Hall–Kier alpha value is -1.40. The fourth-order valence-electron chi connectivity index (χ4n) is 2.21. The number of hydrogen-bond donors (Lipinski definition) is 1. The summed E-state index contributed by atoms with van der Waals surface area (Å²) in [6, 6.07) is 7.78. The van der Waals surface area contributed by atoms with Gasteiger partial charge in [0.15, 0.2) is 0 Å². The smallest absolute Gasteiger partial charge is 0.322 e. The molecule has 0 saturated carbocycles. The predicted octanol–water partition coefficient (Wildman–Crippen LogP) is 4.05. The van der Waals surface area contributed by atoms with Crippen LogP contribution in [0.3, 0.4) is 0 Å². The van der Waals surface area contributed by atoms with Gasteiger partial charge in [-0.1, -0.05) is 0 Å². The average molecular weight is 308 g/mol. The second-order valence-electron chi connectivity index (χ2n) is 4.56. The molecule has 2 aromatic rings. The third kappa shape index (κ3) is 3.19. The summed E-state index contributed by atoms with van der Waals surface area (Å²) in [5, 5.41) is 6.15. The van der Waals surface area contributed by atoms with E-state index in [1.165, 1.54) is 0 Å². The number of thiophene rings is 1. The lowest BCUT2D eigenvalue weighted by Gasteiger charge is -2.20. The van der Waals surface area contributed by atoms with Gasteiger partial charge in [0, 0.05) is 18.8 Å². The number of furan rings is 1. The molecule has 1 N–H and O–H groups in total. The minimum absolute atomic E-state index is 0.00635. The standard InChI is InChI=1S/C14H16N2O2S2/c17-14(15-13-4-2-9-20-13)16-6-5-12(19-10-7-16)11-3-1-8-18-11/h1-4,8-9,12H,5-7,10H2,(H,15,17)/t12-/m0/s1. The van der Waals surface area contributed by atoms with E-state index < -0.39 is 0 Å². The van der Waals surface area contributed by atoms with Gasteiger partial charge in [-0.15, -0.1) is 23.1 Å². The summed E-state index contributed by atoms with van der Waals surface area (Å²) < 4.78 is 5.47. The number of carbonyl (C=O) groups is 1. The summed E-state index contributed by atoms with van der Waals surface area (Å²) in [5.74, 6) is 1.94. The monoisotopic (exact) mass is 308 g/mol. The van der Waals surface area contributed by atoms with Crippen molar-refractivity contribution in [2.75, 3.05) is 24.2 Å². The van der Waals surface area contributed by atoms with Crippen molar-refractivity contribution in [2.24, 2.45) is 0 Å². The highest BCUT2D eigenvalue weighted by Crippen LogP contribution is 2.34. The number of amides is 2. The largest absolute Gasteiger partial charge is 0.468 e. The van der Waals surface area contributed by atoms with Crippen LogP contribution in [-0.4, -0.2) is 29.8 Å². The van der Waals surface area contributed by atoms with Crippen molar-refractivity contribution >= 4 is 34.1 Å². The van der Waals surface area contributed by atoms with E-state index in [2.05, 4.69) is 5.32 Å². The van der Waals surface area contributed by atoms with E-state index in [1.807, 2.05) is 46.3 Å². The summed E-state index contributed by atoms with van der Waals surface area (Å²) in [7, 11) is 0. The predicted molar refractivity (Wildman–Crippen MR) is 83.4 cm³/mol. The Morgan fingerprint density at radius 3 is 3.05 bits per heavy atom. The van der Waals surface area contributed by atoms with Crippen LogP contribution in [0.2, 0.25) is 0 Å². The van der Waals surface area contributed by atoms with Crippen molar-refractivity contribution in [3.63, 3.8) is 0 Å². The Morgan fingerprint density at radius 2 is 2.30 bits per heavy atom. The molecular formula is C14H16N2O2S2. The molecular weight excluding hydrogens is 292 g/mol. The van der Waals surface area contributed by atoms with Gasteiger partial charge in [-0.05, 0) is 36.1 Å². The van der Waals surface area contributed by atoms with Crippen LogP contribution in [0.5, 0.6) is 0 Å². The molecule has 1 atom stereocenters. The lowest BCUT2D eigenvalue weighted by molar-refractivity contribution is 0.215. The van der Waals surface area contributed by atoms with Crippen molar-refractivity contribution in [3.8, 4) is 0 Å². The van der Waals surface area contributed by atoms with Crippen molar-refractivity contribution in [1.82, 2.24) is 4.90 Å². The Labute approximate surface area is 126 Å². The van der Waals surface area contributed by atoms with Crippen LogP contribution in [0.15, 0.2) is 40.3 Å². The Balaban J connectivity index is 1.58. The highest BCUT2D eigenvalue weighted by atomic mass is 32.2. The molecule has 106 valence electrons. The first kappa shape index (κ1) is 13.6. The molecule has 0 unspecified atom stereocenters. The molecule has 20 heavy (non-hydrogen) atoms. The number of rotatable bonds is 2. The van der Waals surface area contributed by atoms with E-state index in [9.17, 15) is 4.79 Å². The third-order valence-corrected chi connectivity index (χ3v) is 5.31. The second kappa shape index (κ2) is 6.37. The van der Waals surface area contributed by atoms with E-state index >= 15 is 0 Å². The number of hydrogen-bond acceptors (Lipinski definition) is 4. The van der Waals surface area contributed by atoms with Crippen LogP contribution in [0, 0.1) is 0 Å². The first-order chi connectivity index (χ1) is 9.83. The van der Waals surface area contributed by atoms with E-state index in [0.717, 1.165) is 36.0 Å². The fourth-order valence-corrected chi connectivity index (χ4v) is 4.00. The number of urea groups is 1. The van der Waals surface area contributed by atoms with Gasteiger partial charge in [0.05, 0.1) is 16.5 Å². The van der Waals surface area contributed by atoms with Gasteiger partial charge in [0.2, 0.25) is 0 Å². The van der Waals surface area contributed by atoms with Gasteiger partial charge in [-0.2, -0.15) is 0 Å². The molecule has 2 aromatic heterocycles. The summed E-state index contributed by atoms with van der Waals surface area (Å²) in [4.78, 5) is 14.1. The SMILES string of the molecule is O=C(Nc1cccs1)N1CCS[C@H](c2ccco2)CC1. The number of nitrogens with zero attached hydrogens (tertiary/aromatic N) is 1. The highest BCUT2D eigenvalue weighted by Gasteiger charge is 2.23. The number of carbonyl (C=O) groups excluding carboxylic acids is 1. The van der Waals surface area contributed by atoms with Gasteiger partial charge in [-0.25, -0.2) is 4.79 Å². The number of anilines is 1.